The molecule has 0 saturated heterocycles. The maximum absolute atomic E-state index is 11.9. The van der Waals surface area contributed by atoms with E-state index in [0.717, 1.165) is 50.0 Å². The number of amides is 1. The molecule has 1 amide bonds. The molecule has 0 heterocycles. The Morgan fingerprint density at radius 2 is 1.95 bits per heavy atom. The fourth-order valence-electron chi connectivity index (χ4n) is 4.12. The van der Waals surface area contributed by atoms with Gasteiger partial charge in [-0.15, -0.1) is 12.4 Å². The van der Waals surface area contributed by atoms with Gasteiger partial charge >= 0.3 is 0 Å². The lowest BCUT2D eigenvalue weighted by molar-refractivity contribution is -0.122. The Labute approximate surface area is 129 Å². The Hall–Kier alpha value is -0.280. The van der Waals surface area contributed by atoms with Gasteiger partial charge in [0.15, 0.2) is 0 Å². The molecule has 0 aromatic heterocycles. The largest absolute Gasteiger partial charge is 0.353 e. The van der Waals surface area contributed by atoms with E-state index in [1.807, 2.05) is 0 Å². The summed E-state index contributed by atoms with van der Waals surface area (Å²) in [6, 6.07) is 0.381. The van der Waals surface area contributed by atoms with Crippen molar-refractivity contribution in [2.75, 3.05) is 6.54 Å². The summed E-state index contributed by atoms with van der Waals surface area (Å²) in [6.07, 6.45) is 10.7. The van der Waals surface area contributed by atoms with Crippen molar-refractivity contribution in [2.45, 2.75) is 70.8 Å². The van der Waals surface area contributed by atoms with Gasteiger partial charge < -0.3 is 11.1 Å². The molecular formula is C16H31ClN2O. The van der Waals surface area contributed by atoms with Crippen LogP contribution in [0.15, 0.2) is 0 Å². The molecule has 2 fully saturated rings. The lowest BCUT2D eigenvalue weighted by Crippen LogP contribution is -2.40. The highest BCUT2D eigenvalue weighted by molar-refractivity contribution is 5.85. The first-order valence-corrected chi connectivity index (χ1v) is 8.20. The summed E-state index contributed by atoms with van der Waals surface area (Å²) in [6.45, 7) is 2.98. The molecule has 0 radical (unpaired) electrons. The minimum absolute atomic E-state index is 0. The summed E-state index contributed by atoms with van der Waals surface area (Å²) in [5.41, 5.74) is 5.46. The lowest BCUT2D eigenvalue weighted by Gasteiger charge is -2.28. The molecule has 3 nitrogen and oxygen atoms in total. The Bertz CT molecular complexity index is 298. The van der Waals surface area contributed by atoms with E-state index < -0.39 is 0 Å². The predicted octanol–water partition coefficient (Wildman–Crippen LogP) is 3.26. The lowest BCUT2D eigenvalue weighted by atomic mass is 9.84. The summed E-state index contributed by atoms with van der Waals surface area (Å²) < 4.78 is 0. The van der Waals surface area contributed by atoms with Crippen LogP contribution < -0.4 is 11.1 Å². The number of carbonyl (C=O) groups excluding carboxylic acids is 1. The molecule has 2 bridgehead atoms. The smallest absolute Gasteiger partial charge is 0.220 e. The fraction of sp³-hybridized carbons (Fsp3) is 0.938. The van der Waals surface area contributed by atoms with Crippen molar-refractivity contribution >= 4 is 18.3 Å². The number of hydrogen-bond acceptors (Lipinski definition) is 2. The van der Waals surface area contributed by atoms with Gasteiger partial charge in [-0.25, -0.2) is 0 Å². The predicted molar refractivity (Wildman–Crippen MR) is 85.9 cm³/mol. The molecule has 0 aromatic carbocycles. The van der Waals surface area contributed by atoms with E-state index >= 15 is 0 Å². The van der Waals surface area contributed by atoms with E-state index in [1.165, 1.54) is 25.7 Å². The molecule has 2 rings (SSSR count). The molecule has 118 valence electrons. The second-order valence-corrected chi connectivity index (χ2v) is 6.65. The molecule has 2 saturated carbocycles. The molecule has 20 heavy (non-hydrogen) atoms. The first-order valence-electron chi connectivity index (χ1n) is 8.20. The van der Waals surface area contributed by atoms with Crippen molar-refractivity contribution in [3.63, 3.8) is 0 Å². The van der Waals surface area contributed by atoms with E-state index in [4.69, 9.17) is 5.73 Å². The second kappa shape index (κ2) is 8.89. The van der Waals surface area contributed by atoms with Gasteiger partial charge in [0, 0.05) is 12.5 Å². The van der Waals surface area contributed by atoms with Gasteiger partial charge in [-0.05, 0) is 63.3 Å². The van der Waals surface area contributed by atoms with Crippen LogP contribution >= 0.6 is 12.4 Å². The zero-order valence-corrected chi connectivity index (χ0v) is 13.6. The zero-order valence-electron chi connectivity index (χ0n) is 12.8. The van der Waals surface area contributed by atoms with Crippen LogP contribution in [0, 0.1) is 17.8 Å². The number of halogens is 1. The summed E-state index contributed by atoms with van der Waals surface area (Å²) in [4.78, 5) is 11.9. The van der Waals surface area contributed by atoms with Gasteiger partial charge in [-0.3, -0.25) is 4.79 Å². The number of nitrogens with two attached hydrogens (primary N) is 1. The van der Waals surface area contributed by atoms with Gasteiger partial charge in [0.05, 0.1) is 0 Å². The van der Waals surface area contributed by atoms with Crippen LogP contribution in [0.2, 0.25) is 0 Å². The topological polar surface area (TPSA) is 55.1 Å². The van der Waals surface area contributed by atoms with Gasteiger partial charge in [0.2, 0.25) is 5.91 Å². The Morgan fingerprint density at radius 1 is 1.20 bits per heavy atom. The monoisotopic (exact) mass is 302 g/mol. The fourth-order valence-corrected chi connectivity index (χ4v) is 4.12. The summed E-state index contributed by atoms with van der Waals surface area (Å²) in [5, 5.41) is 3.23. The number of hydrogen-bond donors (Lipinski definition) is 2. The van der Waals surface area contributed by atoms with Crippen LogP contribution in [0.5, 0.6) is 0 Å². The maximum atomic E-state index is 11.9. The summed E-state index contributed by atoms with van der Waals surface area (Å²) in [5.74, 6) is 2.86. The van der Waals surface area contributed by atoms with Gasteiger partial charge in [-0.2, -0.15) is 0 Å². The molecule has 4 heteroatoms. The SMILES string of the molecule is CC(NC(=O)CCCCCCN)C1CC2CCC1C2.Cl. The zero-order chi connectivity index (χ0) is 13.7. The number of unbranched alkanes of at least 4 members (excludes halogenated alkanes) is 3. The van der Waals surface area contributed by atoms with E-state index in [1.54, 1.807) is 0 Å². The van der Waals surface area contributed by atoms with E-state index in [9.17, 15) is 4.79 Å². The number of carbonyl (C=O) groups is 1. The third-order valence-corrected chi connectivity index (χ3v) is 5.18. The molecule has 2 aliphatic carbocycles. The molecule has 3 N–H and O–H groups in total. The minimum Gasteiger partial charge on any atom is -0.353 e. The number of rotatable bonds is 8. The van der Waals surface area contributed by atoms with Crippen molar-refractivity contribution in [3.05, 3.63) is 0 Å². The van der Waals surface area contributed by atoms with E-state index in [0.29, 0.717) is 12.5 Å². The van der Waals surface area contributed by atoms with Crippen molar-refractivity contribution < 1.29 is 4.79 Å². The van der Waals surface area contributed by atoms with Crippen molar-refractivity contribution in [1.29, 1.82) is 0 Å². The van der Waals surface area contributed by atoms with Crippen molar-refractivity contribution in [1.82, 2.24) is 5.32 Å². The van der Waals surface area contributed by atoms with Gasteiger partial charge in [-0.1, -0.05) is 19.3 Å². The van der Waals surface area contributed by atoms with Crippen LogP contribution in [-0.4, -0.2) is 18.5 Å². The summed E-state index contributed by atoms with van der Waals surface area (Å²) >= 11 is 0. The number of fused-ring (bicyclic) bond motifs is 2. The van der Waals surface area contributed by atoms with Gasteiger partial charge in [0.25, 0.3) is 0 Å². The molecular weight excluding hydrogens is 272 g/mol. The Balaban J connectivity index is 0.00000200. The standard InChI is InChI=1S/C16H30N2O.ClH/c1-12(15-11-13-7-8-14(15)10-13)18-16(19)6-4-2-3-5-9-17;/h12-15H,2-11,17H2,1H3,(H,18,19);1H. The Morgan fingerprint density at radius 3 is 2.55 bits per heavy atom. The van der Waals surface area contributed by atoms with Gasteiger partial charge in [0.1, 0.15) is 0 Å². The summed E-state index contributed by atoms with van der Waals surface area (Å²) in [7, 11) is 0. The average molecular weight is 303 g/mol. The van der Waals surface area contributed by atoms with Crippen LogP contribution in [0.3, 0.4) is 0 Å². The van der Waals surface area contributed by atoms with Crippen LogP contribution in [0.4, 0.5) is 0 Å². The van der Waals surface area contributed by atoms with Crippen LogP contribution in [0.25, 0.3) is 0 Å². The molecule has 4 atom stereocenters. The van der Waals surface area contributed by atoms with E-state index in [-0.39, 0.29) is 18.3 Å². The third kappa shape index (κ3) is 4.92. The number of nitrogens with one attached hydrogen (secondary N) is 1. The molecule has 0 aromatic rings. The highest BCUT2D eigenvalue weighted by atomic mass is 35.5. The second-order valence-electron chi connectivity index (χ2n) is 6.65. The van der Waals surface area contributed by atoms with Crippen LogP contribution in [0.1, 0.15) is 64.7 Å². The Kier molecular flexibility index (Phi) is 7.90. The highest BCUT2D eigenvalue weighted by Crippen LogP contribution is 2.49. The quantitative estimate of drug-likeness (QED) is 0.676. The van der Waals surface area contributed by atoms with E-state index in [2.05, 4.69) is 12.2 Å². The maximum Gasteiger partial charge on any atom is 0.220 e. The van der Waals surface area contributed by atoms with Crippen molar-refractivity contribution in [3.8, 4) is 0 Å². The van der Waals surface area contributed by atoms with Crippen LogP contribution in [-0.2, 0) is 4.79 Å². The molecule has 4 unspecified atom stereocenters. The van der Waals surface area contributed by atoms with Crippen molar-refractivity contribution in [2.24, 2.45) is 23.5 Å². The normalized spacial score (nSPS) is 29.0. The minimum atomic E-state index is 0. The highest BCUT2D eigenvalue weighted by Gasteiger charge is 2.41. The molecule has 0 aliphatic heterocycles. The third-order valence-electron chi connectivity index (χ3n) is 5.18. The molecule has 2 aliphatic rings. The first-order chi connectivity index (χ1) is 9.20. The first kappa shape index (κ1) is 17.8. The average Bonchev–Trinajstić information content (AvgIpc) is 3.00. The molecule has 0 spiro atoms.